The Hall–Kier alpha value is -8.26. The molecule has 0 unspecified atom stereocenters. The summed E-state index contributed by atoms with van der Waals surface area (Å²) in [5.41, 5.74) is 18.7. The van der Waals surface area contributed by atoms with E-state index in [1.165, 1.54) is 99.1 Å². The van der Waals surface area contributed by atoms with Crippen LogP contribution in [-0.4, -0.2) is 0 Å². The lowest BCUT2D eigenvalue weighted by molar-refractivity contribution is 0.490. The van der Waals surface area contributed by atoms with Crippen LogP contribution in [0.5, 0.6) is 0 Å². The molecule has 0 radical (unpaired) electrons. The molecule has 1 aliphatic rings. The molecular weight excluding hydrogens is 819 g/mol. The molecule has 0 bridgehead atoms. The van der Waals surface area contributed by atoms with Gasteiger partial charge in [-0.1, -0.05) is 214 Å². The first-order valence-corrected chi connectivity index (χ1v) is 24.1. The molecule has 0 heterocycles. The molecule has 1 heteroatoms. The Kier molecular flexibility index (Phi) is 10.4. The molecule has 11 aromatic rings. The van der Waals surface area contributed by atoms with E-state index in [1.54, 1.807) is 0 Å². The van der Waals surface area contributed by atoms with Gasteiger partial charge in [0.05, 0.1) is 0 Å². The highest BCUT2D eigenvalue weighted by molar-refractivity contribution is 6.33. The topological polar surface area (TPSA) is 3.24 Å². The van der Waals surface area contributed by atoms with Gasteiger partial charge >= 0.3 is 0 Å². The van der Waals surface area contributed by atoms with Crippen molar-refractivity contribution >= 4 is 61.5 Å². The fraction of sp³-hybridized carbons (Fsp3) is 0.0746. The Labute approximate surface area is 399 Å². The monoisotopic (exact) mass is 869 g/mol. The Balaban J connectivity index is 0.979. The molecule has 0 fully saturated rings. The summed E-state index contributed by atoms with van der Waals surface area (Å²) in [6.45, 7) is 4.76. The zero-order valence-corrected chi connectivity index (χ0v) is 38.5. The van der Waals surface area contributed by atoms with Gasteiger partial charge in [0.25, 0.3) is 0 Å². The van der Waals surface area contributed by atoms with Crippen LogP contribution in [0.25, 0.3) is 89.0 Å². The maximum absolute atomic E-state index is 2.55. The number of anilines is 3. The zero-order valence-electron chi connectivity index (χ0n) is 38.5. The highest BCUT2D eigenvalue weighted by atomic mass is 15.1. The van der Waals surface area contributed by atoms with Crippen molar-refractivity contribution in [2.45, 2.75) is 32.1 Å². The molecule has 0 aliphatic heterocycles. The van der Waals surface area contributed by atoms with E-state index >= 15 is 0 Å². The fourth-order valence-electron chi connectivity index (χ4n) is 11.4. The summed E-state index contributed by atoms with van der Waals surface area (Å²) < 4.78 is 0. The van der Waals surface area contributed by atoms with Gasteiger partial charge in [-0.15, -0.1) is 0 Å². The third-order valence-corrected chi connectivity index (χ3v) is 14.7. The summed E-state index contributed by atoms with van der Waals surface area (Å²) in [7, 11) is 0. The number of fused-ring (bicyclic) bond motifs is 9. The van der Waals surface area contributed by atoms with Gasteiger partial charge in [0.2, 0.25) is 0 Å². The molecule has 324 valence electrons. The molecule has 1 nitrogen and oxygen atoms in total. The van der Waals surface area contributed by atoms with E-state index in [4.69, 9.17) is 0 Å². The minimum Gasteiger partial charge on any atom is -0.311 e. The quantitative estimate of drug-likeness (QED) is 0.0978. The first-order valence-electron chi connectivity index (χ1n) is 24.1. The van der Waals surface area contributed by atoms with E-state index < -0.39 is 0 Å². The van der Waals surface area contributed by atoms with E-state index in [0.717, 1.165) is 29.9 Å². The molecular formula is C67H51N. The smallest absolute Gasteiger partial charge is 0.0462 e. The number of hydrogen-bond acceptors (Lipinski definition) is 1. The van der Waals surface area contributed by atoms with E-state index in [-0.39, 0.29) is 5.41 Å². The SMILES string of the molecule is CCC1(CC)c2cc(/C=C/c3ccc(N(c4ccccc4)c4ccccc4)cc3)ccc2-c2ccc(-c3cc(-c4ccccc4)c4c5ccccc5c5ccccc5c4c3-c3ccccc3)cc21. The van der Waals surface area contributed by atoms with Crippen molar-refractivity contribution in [1.82, 2.24) is 0 Å². The van der Waals surface area contributed by atoms with Crippen LogP contribution < -0.4 is 4.90 Å². The molecule has 0 aromatic heterocycles. The van der Waals surface area contributed by atoms with Crippen LogP contribution in [0.1, 0.15) is 48.9 Å². The molecule has 0 saturated heterocycles. The van der Waals surface area contributed by atoms with Crippen molar-refractivity contribution < 1.29 is 0 Å². The van der Waals surface area contributed by atoms with Gasteiger partial charge in [-0.05, 0) is 160 Å². The largest absolute Gasteiger partial charge is 0.311 e. The van der Waals surface area contributed by atoms with Gasteiger partial charge in [-0.25, -0.2) is 0 Å². The standard InChI is InChI=1S/C67H51N/c1-3-67(4-2)62-43-47(34-33-46-35-39-53(40-36-46)68(51-25-13-7-14-26-51)52-27-15-8-16-28-52)37-41-56(62)57-42-38-50(44-63(57)67)61-45-60(48-21-9-5-10-22-48)65-58-31-19-17-29-54(58)55-30-18-20-32-59(55)66(65)64(61)49-23-11-6-12-24-49/h5-45H,3-4H2,1-2H3/b34-33+. The third-order valence-electron chi connectivity index (χ3n) is 14.7. The van der Waals surface area contributed by atoms with Crippen LogP contribution in [0.2, 0.25) is 0 Å². The summed E-state index contributed by atoms with van der Waals surface area (Å²) in [6.07, 6.45) is 6.56. The van der Waals surface area contributed by atoms with Gasteiger partial charge in [-0.3, -0.25) is 0 Å². The van der Waals surface area contributed by atoms with Crippen LogP contribution in [0.4, 0.5) is 17.1 Å². The minimum atomic E-state index is -0.126. The van der Waals surface area contributed by atoms with Crippen molar-refractivity contribution in [2.75, 3.05) is 4.90 Å². The van der Waals surface area contributed by atoms with Gasteiger partial charge in [0.1, 0.15) is 0 Å². The second-order valence-corrected chi connectivity index (χ2v) is 18.2. The lowest BCUT2D eigenvalue weighted by Gasteiger charge is -2.30. The predicted molar refractivity (Wildman–Crippen MR) is 292 cm³/mol. The van der Waals surface area contributed by atoms with Crippen molar-refractivity contribution in [3.63, 3.8) is 0 Å². The summed E-state index contributed by atoms with van der Waals surface area (Å²) in [6, 6.07) is 87.2. The lowest BCUT2D eigenvalue weighted by atomic mass is 9.73. The maximum Gasteiger partial charge on any atom is 0.0462 e. The predicted octanol–water partition coefficient (Wildman–Crippen LogP) is 18.9. The van der Waals surface area contributed by atoms with Crippen LogP contribution in [0, 0.1) is 0 Å². The van der Waals surface area contributed by atoms with Crippen LogP contribution in [0.15, 0.2) is 237 Å². The Morgan fingerprint density at radius 3 is 1.38 bits per heavy atom. The van der Waals surface area contributed by atoms with Crippen molar-refractivity contribution in [1.29, 1.82) is 0 Å². The van der Waals surface area contributed by atoms with Crippen molar-refractivity contribution in [3.05, 3.63) is 259 Å². The van der Waals surface area contributed by atoms with E-state index in [2.05, 4.69) is 267 Å². The Bertz CT molecular complexity index is 3620. The molecule has 11 aromatic carbocycles. The van der Waals surface area contributed by atoms with Crippen LogP contribution in [0.3, 0.4) is 0 Å². The highest BCUT2D eigenvalue weighted by Gasteiger charge is 2.41. The third kappa shape index (κ3) is 6.85. The number of para-hydroxylation sites is 2. The molecule has 0 spiro atoms. The molecule has 0 atom stereocenters. The molecule has 0 saturated carbocycles. The van der Waals surface area contributed by atoms with Gasteiger partial charge in [0.15, 0.2) is 0 Å². The summed E-state index contributed by atoms with van der Waals surface area (Å²) >= 11 is 0. The minimum absolute atomic E-state index is 0.126. The Morgan fingerprint density at radius 1 is 0.338 bits per heavy atom. The van der Waals surface area contributed by atoms with Gasteiger partial charge < -0.3 is 4.90 Å². The molecule has 1 aliphatic carbocycles. The second kappa shape index (κ2) is 17.2. The number of benzene rings is 11. The normalized spacial score (nSPS) is 12.7. The molecule has 68 heavy (non-hydrogen) atoms. The average molecular weight is 870 g/mol. The van der Waals surface area contributed by atoms with Crippen LogP contribution >= 0.6 is 0 Å². The van der Waals surface area contributed by atoms with Crippen LogP contribution in [-0.2, 0) is 5.41 Å². The molecule has 0 N–H and O–H groups in total. The molecule has 12 rings (SSSR count). The summed E-state index contributed by atoms with van der Waals surface area (Å²) in [5, 5.41) is 7.73. The van der Waals surface area contributed by atoms with Gasteiger partial charge in [0, 0.05) is 22.5 Å². The Morgan fingerprint density at radius 2 is 0.794 bits per heavy atom. The van der Waals surface area contributed by atoms with Gasteiger partial charge in [-0.2, -0.15) is 0 Å². The average Bonchev–Trinajstić information content (AvgIpc) is 3.69. The fourth-order valence-corrected chi connectivity index (χ4v) is 11.4. The van der Waals surface area contributed by atoms with Crippen molar-refractivity contribution in [3.8, 4) is 44.5 Å². The van der Waals surface area contributed by atoms with E-state index in [1.807, 2.05) is 0 Å². The first kappa shape index (κ1) is 41.2. The van der Waals surface area contributed by atoms with Crippen molar-refractivity contribution in [2.24, 2.45) is 0 Å². The summed E-state index contributed by atoms with van der Waals surface area (Å²) in [5.74, 6) is 0. The summed E-state index contributed by atoms with van der Waals surface area (Å²) in [4.78, 5) is 2.31. The van der Waals surface area contributed by atoms with E-state index in [9.17, 15) is 0 Å². The molecule has 0 amide bonds. The maximum atomic E-state index is 2.55. The van der Waals surface area contributed by atoms with E-state index in [0.29, 0.717) is 0 Å². The number of nitrogens with zero attached hydrogens (tertiary/aromatic N) is 1. The first-order chi connectivity index (χ1) is 33.6. The zero-order chi connectivity index (χ0) is 45.6. The lowest BCUT2D eigenvalue weighted by Crippen LogP contribution is -2.23. The number of hydrogen-bond donors (Lipinski definition) is 0. The second-order valence-electron chi connectivity index (χ2n) is 18.2. The number of rotatable bonds is 10. The highest BCUT2D eigenvalue weighted by Crippen LogP contribution is 2.55.